The molecule has 0 radical (unpaired) electrons. The Morgan fingerprint density at radius 1 is 1.21 bits per heavy atom. The zero-order chi connectivity index (χ0) is 17.1. The number of likely N-dealkylation sites (tertiary alicyclic amines) is 1. The van der Waals surface area contributed by atoms with Crippen LogP contribution in [0.5, 0.6) is 0 Å². The Kier molecular flexibility index (Phi) is 4.95. The van der Waals surface area contributed by atoms with E-state index < -0.39 is 5.82 Å². The van der Waals surface area contributed by atoms with Crippen molar-refractivity contribution in [2.45, 2.75) is 13.3 Å². The van der Waals surface area contributed by atoms with E-state index in [1.807, 2.05) is 44.3 Å². The van der Waals surface area contributed by atoms with Crippen LogP contribution in [0.25, 0.3) is 11.1 Å². The van der Waals surface area contributed by atoms with Gasteiger partial charge in [0.05, 0.1) is 5.56 Å². The molecule has 126 valence electrons. The smallest absolute Gasteiger partial charge is 0.256 e. The van der Waals surface area contributed by atoms with Gasteiger partial charge in [0.15, 0.2) is 0 Å². The molecule has 1 aliphatic heterocycles. The third kappa shape index (κ3) is 3.49. The third-order valence-corrected chi connectivity index (χ3v) is 4.65. The predicted octanol–water partition coefficient (Wildman–Crippen LogP) is 3.48. The van der Waals surface area contributed by atoms with Gasteiger partial charge in [-0.05, 0) is 56.1 Å². The van der Waals surface area contributed by atoms with Gasteiger partial charge in [-0.1, -0.05) is 35.9 Å². The van der Waals surface area contributed by atoms with Crippen LogP contribution in [0.4, 0.5) is 4.39 Å². The van der Waals surface area contributed by atoms with Crippen molar-refractivity contribution in [2.75, 3.05) is 26.7 Å². The molecule has 1 atom stereocenters. The number of carbonyl (C=O) groups excluding carboxylic acids is 1. The minimum Gasteiger partial charge on any atom is -0.338 e. The molecule has 3 nitrogen and oxygen atoms in total. The molecule has 3 rings (SSSR count). The molecule has 1 aliphatic rings. The average molecular weight is 326 g/mol. The Morgan fingerprint density at radius 2 is 1.92 bits per heavy atom. The van der Waals surface area contributed by atoms with Crippen molar-refractivity contribution in [1.82, 2.24) is 10.2 Å². The second kappa shape index (κ2) is 7.14. The summed E-state index contributed by atoms with van der Waals surface area (Å²) in [5.74, 6) is -0.203. The van der Waals surface area contributed by atoms with E-state index in [2.05, 4.69) is 5.32 Å². The lowest BCUT2D eigenvalue weighted by atomic mass is 10.0. The van der Waals surface area contributed by atoms with Crippen LogP contribution in [0.2, 0.25) is 0 Å². The molecule has 2 aromatic rings. The molecule has 0 aromatic heterocycles. The van der Waals surface area contributed by atoms with Crippen LogP contribution in [0.15, 0.2) is 42.5 Å². The molecule has 1 fully saturated rings. The van der Waals surface area contributed by atoms with Crippen molar-refractivity contribution >= 4 is 5.91 Å². The van der Waals surface area contributed by atoms with Gasteiger partial charge in [-0.15, -0.1) is 0 Å². The van der Waals surface area contributed by atoms with Gasteiger partial charge in [0.2, 0.25) is 0 Å². The van der Waals surface area contributed by atoms with Crippen LogP contribution in [-0.4, -0.2) is 37.5 Å². The molecule has 1 amide bonds. The first-order valence-corrected chi connectivity index (χ1v) is 8.39. The number of rotatable bonds is 4. The highest BCUT2D eigenvalue weighted by Crippen LogP contribution is 2.25. The fourth-order valence-corrected chi connectivity index (χ4v) is 3.26. The van der Waals surface area contributed by atoms with Crippen molar-refractivity contribution in [2.24, 2.45) is 5.92 Å². The lowest BCUT2D eigenvalue weighted by Crippen LogP contribution is -2.30. The summed E-state index contributed by atoms with van der Waals surface area (Å²) in [4.78, 5) is 14.3. The van der Waals surface area contributed by atoms with E-state index in [4.69, 9.17) is 0 Å². The van der Waals surface area contributed by atoms with Crippen LogP contribution < -0.4 is 5.32 Å². The molecule has 2 aromatic carbocycles. The van der Waals surface area contributed by atoms with Crippen LogP contribution in [0.1, 0.15) is 22.3 Å². The molecule has 1 saturated heterocycles. The van der Waals surface area contributed by atoms with Gasteiger partial charge in [0.1, 0.15) is 5.82 Å². The molecular formula is C20H23FN2O. The molecule has 0 aliphatic carbocycles. The summed E-state index contributed by atoms with van der Waals surface area (Å²) in [6.45, 7) is 4.30. The first kappa shape index (κ1) is 16.7. The summed E-state index contributed by atoms with van der Waals surface area (Å²) in [5.41, 5.74) is 3.07. The maximum atomic E-state index is 14.5. The molecule has 1 heterocycles. The number of hydrogen-bond donors (Lipinski definition) is 1. The van der Waals surface area contributed by atoms with Crippen LogP contribution in [0.3, 0.4) is 0 Å². The number of amides is 1. The summed E-state index contributed by atoms with van der Waals surface area (Å²) in [6.07, 6.45) is 0.968. The lowest BCUT2D eigenvalue weighted by Gasteiger charge is -2.17. The van der Waals surface area contributed by atoms with E-state index in [0.29, 0.717) is 19.0 Å². The summed E-state index contributed by atoms with van der Waals surface area (Å²) < 4.78 is 14.5. The quantitative estimate of drug-likeness (QED) is 0.933. The highest BCUT2D eigenvalue weighted by atomic mass is 19.1. The van der Waals surface area contributed by atoms with Gasteiger partial charge in [0.25, 0.3) is 5.91 Å². The number of aryl methyl sites for hydroxylation is 1. The van der Waals surface area contributed by atoms with Crippen LogP contribution in [0, 0.1) is 18.7 Å². The maximum Gasteiger partial charge on any atom is 0.256 e. The Morgan fingerprint density at radius 3 is 2.58 bits per heavy atom. The SMILES string of the molecule is CNCC1CCN(C(=O)c2ccc(-c3ccc(C)cc3)cc2F)C1. The molecule has 0 saturated carbocycles. The van der Waals surface area contributed by atoms with E-state index in [0.717, 1.165) is 29.7 Å². The molecule has 1 N–H and O–H groups in total. The monoisotopic (exact) mass is 326 g/mol. The Bertz CT molecular complexity index is 727. The van der Waals surface area contributed by atoms with Crippen molar-refractivity contribution in [3.8, 4) is 11.1 Å². The summed E-state index contributed by atoms with van der Waals surface area (Å²) in [6, 6.07) is 12.8. The first-order chi connectivity index (χ1) is 11.6. The number of halogens is 1. The molecule has 4 heteroatoms. The standard InChI is InChI=1S/C20H23FN2O/c1-14-3-5-16(6-4-14)17-7-8-18(19(21)11-17)20(24)23-10-9-15(13-23)12-22-2/h3-8,11,15,22H,9-10,12-13H2,1-2H3. The minimum absolute atomic E-state index is 0.163. The van der Waals surface area contributed by atoms with E-state index in [1.54, 1.807) is 11.0 Å². The average Bonchev–Trinajstić information content (AvgIpc) is 3.04. The van der Waals surface area contributed by atoms with Crippen molar-refractivity contribution in [3.63, 3.8) is 0 Å². The Hall–Kier alpha value is -2.20. The molecular weight excluding hydrogens is 303 g/mol. The second-order valence-corrected chi connectivity index (χ2v) is 6.52. The number of nitrogens with zero attached hydrogens (tertiary/aromatic N) is 1. The van der Waals surface area contributed by atoms with Gasteiger partial charge in [-0.25, -0.2) is 4.39 Å². The highest BCUT2D eigenvalue weighted by molar-refractivity contribution is 5.95. The number of nitrogens with one attached hydrogen (secondary N) is 1. The first-order valence-electron chi connectivity index (χ1n) is 8.39. The van der Waals surface area contributed by atoms with Gasteiger partial charge in [0, 0.05) is 13.1 Å². The zero-order valence-electron chi connectivity index (χ0n) is 14.2. The van der Waals surface area contributed by atoms with Gasteiger partial charge < -0.3 is 10.2 Å². The van der Waals surface area contributed by atoms with E-state index >= 15 is 0 Å². The maximum absolute atomic E-state index is 14.5. The van der Waals surface area contributed by atoms with Crippen LogP contribution in [-0.2, 0) is 0 Å². The fourth-order valence-electron chi connectivity index (χ4n) is 3.26. The fraction of sp³-hybridized carbons (Fsp3) is 0.350. The highest BCUT2D eigenvalue weighted by Gasteiger charge is 2.27. The largest absolute Gasteiger partial charge is 0.338 e. The predicted molar refractivity (Wildman–Crippen MR) is 94.5 cm³/mol. The number of carbonyl (C=O) groups is 1. The lowest BCUT2D eigenvalue weighted by molar-refractivity contribution is 0.0782. The van der Waals surface area contributed by atoms with Gasteiger partial charge in [-0.3, -0.25) is 4.79 Å². The molecule has 0 spiro atoms. The Labute approximate surface area is 142 Å². The van der Waals surface area contributed by atoms with E-state index in [-0.39, 0.29) is 11.5 Å². The van der Waals surface area contributed by atoms with Crippen molar-refractivity contribution < 1.29 is 9.18 Å². The third-order valence-electron chi connectivity index (χ3n) is 4.65. The normalized spacial score (nSPS) is 17.3. The Balaban J connectivity index is 1.77. The minimum atomic E-state index is -0.449. The van der Waals surface area contributed by atoms with E-state index in [9.17, 15) is 9.18 Å². The second-order valence-electron chi connectivity index (χ2n) is 6.52. The molecule has 24 heavy (non-hydrogen) atoms. The van der Waals surface area contributed by atoms with E-state index in [1.165, 1.54) is 6.07 Å². The number of hydrogen-bond acceptors (Lipinski definition) is 2. The molecule has 0 bridgehead atoms. The summed E-state index contributed by atoms with van der Waals surface area (Å²) >= 11 is 0. The van der Waals surface area contributed by atoms with Crippen molar-refractivity contribution in [3.05, 3.63) is 59.4 Å². The molecule has 1 unspecified atom stereocenters. The zero-order valence-corrected chi connectivity index (χ0v) is 14.2. The topological polar surface area (TPSA) is 32.3 Å². The van der Waals surface area contributed by atoms with Gasteiger partial charge >= 0.3 is 0 Å². The number of benzene rings is 2. The van der Waals surface area contributed by atoms with Gasteiger partial charge in [-0.2, -0.15) is 0 Å². The van der Waals surface area contributed by atoms with Crippen LogP contribution >= 0.6 is 0 Å². The summed E-state index contributed by atoms with van der Waals surface area (Å²) in [5, 5.41) is 3.14. The summed E-state index contributed by atoms with van der Waals surface area (Å²) in [7, 11) is 1.91. The van der Waals surface area contributed by atoms with Crippen molar-refractivity contribution in [1.29, 1.82) is 0 Å².